The first kappa shape index (κ1) is 18.8. The van der Waals surface area contributed by atoms with Crippen LogP contribution in [0.2, 0.25) is 0 Å². The number of methoxy groups -OCH3 is 1. The zero-order valence-corrected chi connectivity index (χ0v) is 15.6. The number of piperidine rings is 1. The number of likely N-dealkylation sites (tertiary alicyclic amines) is 1. The molecule has 0 radical (unpaired) electrons. The van der Waals surface area contributed by atoms with Crippen LogP contribution in [0.4, 0.5) is 16.2 Å². The first-order valence-corrected chi connectivity index (χ1v) is 9.02. The normalized spacial score (nSPS) is 16.7. The zero-order valence-electron chi connectivity index (χ0n) is 15.6. The maximum atomic E-state index is 12.7. The summed E-state index contributed by atoms with van der Waals surface area (Å²) in [6.45, 7) is 3.73. The van der Waals surface area contributed by atoms with Crippen LogP contribution in [0.25, 0.3) is 0 Å². The fraction of sp³-hybridized carbons (Fsp3) is 0.421. The van der Waals surface area contributed by atoms with Gasteiger partial charge in [-0.2, -0.15) is 0 Å². The molecule has 1 aliphatic rings. The summed E-state index contributed by atoms with van der Waals surface area (Å²) in [6.07, 6.45) is 7.59. The molecule has 144 valence electrons. The van der Waals surface area contributed by atoms with Crippen LogP contribution in [0.3, 0.4) is 0 Å². The highest BCUT2D eigenvalue weighted by atomic mass is 16.5. The van der Waals surface area contributed by atoms with E-state index in [9.17, 15) is 9.59 Å². The molecule has 1 atom stereocenters. The van der Waals surface area contributed by atoms with E-state index in [4.69, 9.17) is 4.74 Å². The molecular formula is C19H25N5O3. The van der Waals surface area contributed by atoms with E-state index in [0.717, 1.165) is 25.9 Å². The van der Waals surface area contributed by atoms with Gasteiger partial charge in [0.05, 0.1) is 19.1 Å². The molecule has 0 spiro atoms. The van der Waals surface area contributed by atoms with Gasteiger partial charge in [0.1, 0.15) is 5.75 Å². The Morgan fingerprint density at radius 1 is 1.33 bits per heavy atom. The van der Waals surface area contributed by atoms with Gasteiger partial charge >= 0.3 is 6.03 Å². The van der Waals surface area contributed by atoms with Gasteiger partial charge in [-0.3, -0.25) is 4.79 Å². The number of nitrogens with one attached hydrogen (secondary N) is 2. The number of hydrogen-bond acceptors (Lipinski definition) is 4. The van der Waals surface area contributed by atoms with E-state index < -0.39 is 0 Å². The highest BCUT2D eigenvalue weighted by Gasteiger charge is 2.24. The van der Waals surface area contributed by atoms with Crippen LogP contribution in [-0.4, -0.2) is 46.6 Å². The maximum absolute atomic E-state index is 12.7. The van der Waals surface area contributed by atoms with Crippen molar-refractivity contribution >= 4 is 23.3 Å². The summed E-state index contributed by atoms with van der Waals surface area (Å²) in [5.41, 5.74) is 1.14. The molecule has 8 heteroatoms. The molecule has 1 unspecified atom stereocenters. The number of hydrogen-bond donors (Lipinski definition) is 2. The molecule has 1 aromatic carbocycles. The van der Waals surface area contributed by atoms with Crippen molar-refractivity contribution in [2.75, 3.05) is 30.8 Å². The van der Waals surface area contributed by atoms with Crippen LogP contribution < -0.4 is 15.4 Å². The summed E-state index contributed by atoms with van der Waals surface area (Å²) in [5.74, 6) is 0.751. The first-order chi connectivity index (χ1) is 13.0. The molecular weight excluding hydrogens is 346 g/mol. The highest BCUT2D eigenvalue weighted by Crippen LogP contribution is 2.28. The van der Waals surface area contributed by atoms with Crippen molar-refractivity contribution < 1.29 is 14.3 Å². The number of urea groups is 1. The summed E-state index contributed by atoms with van der Waals surface area (Å²) in [5, 5.41) is 5.63. The summed E-state index contributed by atoms with van der Waals surface area (Å²) < 4.78 is 7.29. The Labute approximate surface area is 158 Å². The average molecular weight is 371 g/mol. The van der Waals surface area contributed by atoms with E-state index in [2.05, 4.69) is 20.2 Å². The molecule has 2 aromatic rings. The smallest absolute Gasteiger partial charge is 0.321 e. The zero-order chi connectivity index (χ0) is 19.2. The lowest BCUT2D eigenvalue weighted by molar-refractivity contribution is -0.114. The van der Waals surface area contributed by atoms with Crippen LogP contribution in [0.15, 0.2) is 36.9 Å². The number of imidazole rings is 1. The third-order valence-corrected chi connectivity index (χ3v) is 4.60. The van der Waals surface area contributed by atoms with Crippen molar-refractivity contribution in [3.8, 4) is 5.75 Å². The van der Waals surface area contributed by atoms with Crippen LogP contribution in [0.5, 0.6) is 5.75 Å². The van der Waals surface area contributed by atoms with E-state index in [1.807, 2.05) is 11.1 Å². The van der Waals surface area contributed by atoms with Crippen molar-refractivity contribution in [1.29, 1.82) is 0 Å². The lowest BCUT2D eigenvalue weighted by Crippen LogP contribution is -2.43. The van der Waals surface area contributed by atoms with Gasteiger partial charge < -0.3 is 24.8 Å². The minimum atomic E-state index is -0.199. The van der Waals surface area contributed by atoms with Gasteiger partial charge in [0, 0.05) is 44.6 Å². The Morgan fingerprint density at radius 3 is 2.89 bits per heavy atom. The fourth-order valence-electron chi connectivity index (χ4n) is 3.37. The van der Waals surface area contributed by atoms with Gasteiger partial charge in [-0.05, 0) is 37.0 Å². The third kappa shape index (κ3) is 4.99. The molecule has 3 rings (SSSR count). The Kier molecular flexibility index (Phi) is 5.95. The number of ether oxygens (including phenoxy) is 1. The number of aromatic nitrogens is 2. The Balaban J connectivity index is 1.63. The monoisotopic (exact) mass is 371 g/mol. The minimum absolute atomic E-state index is 0.135. The van der Waals surface area contributed by atoms with Crippen molar-refractivity contribution in [1.82, 2.24) is 14.5 Å². The van der Waals surface area contributed by atoms with Crippen molar-refractivity contribution in [2.24, 2.45) is 5.92 Å². The summed E-state index contributed by atoms with van der Waals surface area (Å²) in [7, 11) is 1.53. The molecule has 0 aliphatic carbocycles. The van der Waals surface area contributed by atoms with E-state index >= 15 is 0 Å². The molecule has 2 N–H and O–H groups in total. The molecule has 8 nitrogen and oxygen atoms in total. The molecule has 27 heavy (non-hydrogen) atoms. The quantitative estimate of drug-likeness (QED) is 0.846. The number of carbonyl (C=O) groups excluding carboxylic acids is 2. The van der Waals surface area contributed by atoms with Crippen LogP contribution in [0, 0.1) is 5.92 Å². The molecule has 3 amide bonds. The van der Waals surface area contributed by atoms with E-state index in [-0.39, 0.29) is 11.9 Å². The van der Waals surface area contributed by atoms with Crippen molar-refractivity contribution in [2.45, 2.75) is 26.3 Å². The third-order valence-electron chi connectivity index (χ3n) is 4.60. The number of anilines is 2. The molecule has 1 fully saturated rings. The second-order valence-corrected chi connectivity index (χ2v) is 6.74. The highest BCUT2D eigenvalue weighted by molar-refractivity contribution is 5.94. The lowest BCUT2D eigenvalue weighted by Gasteiger charge is -2.33. The van der Waals surface area contributed by atoms with Gasteiger partial charge in [0.15, 0.2) is 0 Å². The first-order valence-electron chi connectivity index (χ1n) is 9.02. The number of amides is 3. The fourth-order valence-corrected chi connectivity index (χ4v) is 3.37. The average Bonchev–Trinajstić information content (AvgIpc) is 3.15. The van der Waals surface area contributed by atoms with Gasteiger partial charge in [0.25, 0.3) is 0 Å². The number of rotatable bonds is 5. The van der Waals surface area contributed by atoms with Crippen molar-refractivity contribution in [3.63, 3.8) is 0 Å². The number of carbonyl (C=O) groups is 2. The van der Waals surface area contributed by atoms with Gasteiger partial charge in [0.2, 0.25) is 5.91 Å². The molecule has 1 aromatic heterocycles. The molecule has 2 heterocycles. The Bertz CT molecular complexity index is 791. The topological polar surface area (TPSA) is 88.5 Å². The summed E-state index contributed by atoms with van der Waals surface area (Å²) >= 11 is 0. The second-order valence-electron chi connectivity index (χ2n) is 6.74. The predicted octanol–water partition coefficient (Wildman–Crippen LogP) is 2.79. The molecule has 0 bridgehead atoms. The summed E-state index contributed by atoms with van der Waals surface area (Å²) in [6, 6.07) is 5.04. The van der Waals surface area contributed by atoms with E-state index in [0.29, 0.717) is 29.6 Å². The van der Waals surface area contributed by atoms with Crippen LogP contribution >= 0.6 is 0 Å². The van der Waals surface area contributed by atoms with Crippen LogP contribution in [0.1, 0.15) is 19.8 Å². The molecule has 0 saturated carbocycles. The maximum Gasteiger partial charge on any atom is 0.321 e. The number of nitrogens with zero attached hydrogens (tertiary/aromatic N) is 3. The Morgan fingerprint density at radius 2 is 2.19 bits per heavy atom. The van der Waals surface area contributed by atoms with E-state index in [1.165, 1.54) is 14.0 Å². The lowest BCUT2D eigenvalue weighted by atomic mass is 9.98. The van der Waals surface area contributed by atoms with E-state index in [1.54, 1.807) is 30.7 Å². The van der Waals surface area contributed by atoms with Crippen molar-refractivity contribution in [3.05, 3.63) is 36.9 Å². The largest absolute Gasteiger partial charge is 0.495 e. The van der Waals surface area contributed by atoms with Gasteiger partial charge in [-0.1, -0.05) is 0 Å². The second kappa shape index (κ2) is 8.57. The SMILES string of the molecule is COc1ccc(NC(=O)N2CCCC(Cn3ccnc3)C2)cc1NC(C)=O. The Hall–Kier alpha value is -3.03. The van der Waals surface area contributed by atoms with Gasteiger partial charge in [-0.15, -0.1) is 0 Å². The molecule has 1 aliphatic heterocycles. The number of benzene rings is 1. The van der Waals surface area contributed by atoms with Crippen LogP contribution in [-0.2, 0) is 11.3 Å². The minimum Gasteiger partial charge on any atom is -0.495 e. The standard InChI is InChI=1S/C19H25N5O3/c1-14(25)21-17-10-16(5-6-18(17)27-2)22-19(26)24-8-3-4-15(12-24)11-23-9-7-20-13-23/h5-7,9-10,13,15H,3-4,8,11-12H2,1-2H3,(H,21,25)(H,22,26). The predicted molar refractivity (Wildman–Crippen MR) is 103 cm³/mol. The molecule has 1 saturated heterocycles. The van der Waals surface area contributed by atoms with Gasteiger partial charge in [-0.25, -0.2) is 9.78 Å². The summed E-state index contributed by atoms with van der Waals surface area (Å²) in [4.78, 5) is 30.0.